The Hall–Kier alpha value is -1.01. The van der Waals surface area contributed by atoms with Gasteiger partial charge in [0.1, 0.15) is 11.6 Å². The minimum atomic E-state index is -0.508. The van der Waals surface area contributed by atoms with E-state index in [1.165, 1.54) is 12.1 Å². The summed E-state index contributed by atoms with van der Waals surface area (Å²) in [4.78, 5) is 0. The van der Waals surface area contributed by atoms with Gasteiger partial charge in [0, 0.05) is 9.13 Å². The average Bonchev–Trinajstić information content (AvgIpc) is 2.47. The Morgan fingerprint density at radius 3 is 2.52 bits per heavy atom. The zero-order valence-corrected chi connectivity index (χ0v) is 14.2. The minimum absolute atomic E-state index is 0.104. The predicted octanol–water partition coefficient (Wildman–Crippen LogP) is 4.97. The number of halogens is 3. The molecule has 21 heavy (non-hydrogen) atoms. The van der Waals surface area contributed by atoms with Crippen LogP contribution in [0.5, 0.6) is 0 Å². The molecule has 4 heteroatoms. The molecule has 2 aromatic rings. The largest absolute Gasteiger partial charge is 0.306 e. The molecule has 1 unspecified atom stereocenters. The Balaban J connectivity index is 2.56. The second kappa shape index (κ2) is 7.31. The number of aryl methyl sites for hydroxylation is 1. The lowest BCUT2D eigenvalue weighted by Gasteiger charge is -2.22. The number of hydrogen-bond acceptors (Lipinski definition) is 1. The Bertz CT molecular complexity index is 628. The summed E-state index contributed by atoms with van der Waals surface area (Å²) >= 11 is 2.20. The summed E-state index contributed by atoms with van der Waals surface area (Å²) in [6.07, 6.45) is 0.898. The number of benzene rings is 2. The fourth-order valence-electron chi connectivity index (χ4n) is 2.31. The van der Waals surface area contributed by atoms with Crippen LogP contribution in [0.25, 0.3) is 0 Å². The van der Waals surface area contributed by atoms with Crippen LogP contribution in [0.1, 0.15) is 36.1 Å². The van der Waals surface area contributed by atoms with Crippen molar-refractivity contribution in [3.8, 4) is 0 Å². The topological polar surface area (TPSA) is 12.0 Å². The van der Waals surface area contributed by atoms with E-state index >= 15 is 0 Å². The number of rotatable bonds is 5. The summed E-state index contributed by atoms with van der Waals surface area (Å²) in [6, 6.07) is 10.0. The Morgan fingerprint density at radius 2 is 1.86 bits per heavy atom. The summed E-state index contributed by atoms with van der Waals surface area (Å²) in [7, 11) is 0. The number of hydrogen-bond donors (Lipinski definition) is 1. The first-order valence-corrected chi connectivity index (χ1v) is 8.06. The second-order valence-electron chi connectivity index (χ2n) is 5.00. The smallest absolute Gasteiger partial charge is 0.134 e. The molecule has 0 spiro atoms. The van der Waals surface area contributed by atoms with Gasteiger partial charge >= 0.3 is 0 Å². The molecule has 0 heterocycles. The van der Waals surface area contributed by atoms with E-state index in [1.807, 2.05) is 31.2 Å². The molecule has 0 aliphatic heterocycles. The van der Waals surface area contributed by atoms with Crippen molar-refractivity contribution in [3.63, 3.8) is 0 Å². The van der Waals surface area contributed by atoms with Gasteiger partial charge in [0.15, 0.2) is 0 Å². The maximum absolute atomic E-state index is 14.5. The van der Waals surface area contributed by atoms with Crippen molar-refractivity contribution < 1.29 is 8.78 Å². The summed E-state index contributed by atoms with van der Waals surface area (Å²) < 4.78 is 29.7. The van der Waals surface area contributed by atoms with Crippen molar-refractivity contribution in [1.29, 1.82) is 0 Å². The van der Waals surface area contributed by atoms with Gasteiger partial charge in [0.2, 0.25) is 0 Å². The molecule has 0 aromatic heterocycles. The molecule has 112 valence electrons. The van der Waals surface area contributed by atoms with Crippen LogP contribution in [0, 0.1) is 22.1 Å². The van der Waals surface area contributed by atoms with Gasteiger partial charge in [0.05, 0.1) is 6.04 Å². The molecule has 0 amide bonds. The Labute approximate surface area is 137 Å². The summed E-state index contributed by atoms with van der Waals surface area (Å²) in [5.74, 6) is -0.977. The average molecular weight is 401 g/mol. The highest BCUT2D eigenvalue weighted by molar-refractivity contribution is 14.1. The highest BCUT2D eigenvalue weighted by Gasteiger charge is 2.24. The van der Waals surface area contributed by atoms with Crippen molar-refractivity contribution >= 4 is 22.6 Å². The van der Waals surface area contributed by atoms with Gasteiger partial charge in [0.25, 0.3) is 0 Å². The van der Waals surface area contributed by atoms with E-state index in [0.717, 1.165) is 15.6 Å². The first-order valence-electron chi connectivity index (χ1n) is 6.98. The van der Waals surface area contributed by atoms with E-state index in [9.17, 15) is 8.78 Å². The Morgan fingerprint density at radius 1 is 1.14 bits per heavy atom. The molecule has 1 nitrogen and oxygen atoms in total. The van der Waals surface area contributed by atoms with Gasteiger partial charge < -0.3 is 5.32 Å². The normalized spacial score (nSPS) is 12.4. The third-order valence-corrected chi connectivity index (χ3v) is 4.41. The number of nitrogens with one attached hydrogen (secondary N) is 1. The van der Waals surface area contributed by atoms with E-state index in [4.69, 9.17) is 0 Å². The van der Waals surface area contributed by atoms with Gasteiger partial charge in [-0.25, -0.2) is 8.78 Å². The summed E-state index contributed by atoms with van der Waals surface area (Å²) in [6.45, 7) is 4.39. The molecule has 0 aliphatic rings. The molecule has 0 aliphatic carbocycles. The second-order valence-corrected chi connectivity index (χ2v) is 6.16. The lowest BCUT2D eigenvalue weighted by Crippen LogP contribution is -2.26. The molecule has 1 N–H and O–H groups in total. The van der Waals surface area contributed by atoms with Gasteiger partial charge in [-0.05, 0) is 65.7 Å². The van der Waals surface area contributed by atoms with Crippen LogP contribution in [-0.2, 0) is 0 Å². The monoisotopic (exact) mass is 401 g/mol. The Kier molecular flexibility index (Phi) is 5.70. The first-order chi connectivity index (χ1) is 10.1. The molecule has 0 saturated heterocycles. The minimum Gasteiger partial charge on any atom is -0.306 e. The van der Waals surface area contributed by atoms with Crippen LogP contribution in [0.3, 0.4) is 0 Å². The van der Waals surface area contributed by atoms with E-state index in [0.29, 0.717) is 12.1 Å². The summed E-state index contributed by atoms with van der Waals surface area (Å²) in [5.41, 5.74) is 1.46. The van der Waals surface area contributed by atoms with Crippen molar-refractivity contribution in [2.45, 2.75) is 26.3 Å². The van der Waals surface area contributed by atoms with Crippen LogP contribution in [0.15, 0.2) is 36.4 Å². The fraction of sp³-hybridized carbons (Fsp3) is 0.294. The lowest BCUT2D eigenvalue weighted by molar-refractivity contribution is 0.498. The van der Waals surface area contributed by atoms with Gasteiger partial charge in [-0.2, -0.15) is 0 Å². The molecule has 0 fully saturated rings. The lowest BCUT2D eigenvalue weighted by atomic mass is 9.96. The highest BCUT2D eigenvalue weighted by Crippen LogP contribution is 2.31. The van der Waals surface area contributed by atoms with Crippen molar-refractivity contribution in [2.24, 2.45) is 0 Å². The maximum atomic E-state index is 14.5. The van der Waals surface area contributed by atoms with Crippen LogP contribution >= 0.6 is 22.6 Å². The fourth-order valence-corrected chi connectivity index (χ4v) is 3.01. The highest BCUT2D eigenvalue weighted by atomic mass is 127. The van der Waals surface area contributed by atoms with E-state index < -0.39 is 17.7 Å². The third-order valence-electron chi connectivity index (χ3n) is 3.42. The van der Waals surface area contributed by atoms with Gasteiger partial charge in [-0.15, -0.1) is 0 Å². The first kappa shape index (κ1) is 16.4. The molecule has 0 bridgehead atoms. The molecule has 2 aromatic carbocycles. The molecular formula is C17H18F2IN. The van der Waals surface area contributed by atoms with E-state index in [2.05, 4.69) is 27.9 Å². The van der Waals surface area contributed by atoms with E-state index in [-0.39, 0.29) is 5.56 Å². The zero-order valence-electron chi connectivity index (χ0n) is 12.1. The van der Waals surface area contributed by atoms with Crippen molar-refractivity contribution in [3.05, 3.63) is 68.3 Å². The quantitative estimate of drug-likeness (QED) is 0.698. The molecule has 1 atom stereocenters. The predicted molar refractivity (Wildman–Crippen MR) is 90.4 cm³/mol. The van der Waals surface area contributed by atoms with Gasteiger partial charge in [-0.1, -0.05) is 31.2 Å². The van der Waals surface area contributed by atoms with Crippen LogP contribution in [-0.4, -0.2) is 6.54 Å². The van der Waals surface area contributed by atoms with Crippen LogP contribution < -0.4 is 5.32 Å². The third kappa shape index (κ3) is 3.61. The zero-order chi connectivity index (χ0) is 15.4. The van der Waals surface area contributed by atoms with Crippen LogP contribution in [0.2, 0.25) is 0 Å². The van der Waals surface area contributed by atoms with E-state index in [1.54, 1.807) is 6.92 Å². The van der Waals surface area contributed by atoms with Gasteiger partial charge in [-0.3, -0.25) is 0 Å². The standard InChI is InChI=1S/C17H18F2IN/c1-3-10-21-17(12-6-4-5-7-14(12)20)15-13(18)9-8-11(2)16(15)19/h4-9,17,21H,3,10H2,1-2H3. The van der Waals surface area contributed by atoms with Crippen LogP contribution in [0.4, 0.5) is 8.78 Å². The summed E-state index contributed by atoms with van der Waals surface area (Å²) in [5, 5.41) is 3.27. The van der Waals surface area contributed by atoms with Crippen molar-refractivity contribution in [2.75, 3.05) is 6.54 Å². The molecule has 0 saturated carbocycles. The van der Waals surface area contributed by atoms with Crippen molar-refractivity contribution in [1.82, 2.24) is 5.32 Å². The molecule has 0 radical (unpaired) electrons. The SMILES string of the molecule is CCCNC(c1ccccc1I)c1c(F)ccc(C)c1F. The molecule has 2 rings (SSSR count). The molecular weight excluding hydrogens is 383 g/mol. The maximum Gasteiger partial charge on any atom is 0.134 e.